The fourth-order valence-electron chi connectivity index (χ4n) is 1.73. The number of nitrogens with zero attached hydrogens (tertiary/aromatic N) is 1. The molecule has 0 spiro atoms. The van der Waals surface area contributed by atoms with Crippen molar-refractivity contribution in [3.05, 3.63) is 12.1 Å². The highest BCUT2D eigenvalue weighted by Gasteiger charge is 2.16. The first-order valence-electron chi connectivity index (χ1n) is 6.57. The van der Waals surface area contributed by atoms with Gasteiger partial charge in [0.25, 0.3) is 0 Å². The van der Waals surface area contributed by atoms with Crippen molar-refractivity contribution in [2.75, 3.05) is 11.1 Å². The molecule has 5 heteroatoms. The van der Waals surface area contributed by atoms with Gasteiger partial charge in [-0.2, -0.15) is 4.98 Å². The number of anilines is 2. The van der Waals surface area contributed by atoms with E-state index >= 15 is 0 Å². The van der Waals surface area contributed by atoms with Crippen LogP contribution in [0.1, 0.15) is 41.0 Å². The second-order valence-corrected chi connectivity index (χ2v) is 5.94. The van der Waals surface area contributed by atoms with Gasteiger partial charge < -0.3 is 20.9 Å². The van der Waals surface area contributed by atoms with Crippen molar-refractivity contribution in [3.8, 4) is 5.88 Å². The van der Waals surface area contributed by atoms with Gasteiger partial charge in [0.1, 0.15) is 11.4 Å². The van der Waals surface area contributed by atoms with Crippen LogP contribution in [-0.2, 0) is 0 Å². The van der Waals surface area contributed by atoms with E-state index in [1.165, 1.54) is 0 Å². The third kappa shape index (κ3) is 5.79. The van der Waals surface area contributed by atoms with Crippen molar-refractivity contribution in [2.45, 2.75) is 58.8 Å². The molecule has 2 atom stereocenters. The van der Waals surface area contributed by atoms with Crippen LogP contribution in [0.5, 0.6) is 5.88 Å². The number of aliphatic hydroxyl groups excluding tert-OH is 1. The Balaban J connectivity index is 2.78. The van der Waals surface area contributed by atoms with Crippen molar-refractivity contribution in [1.29, 1.82) is 0 Å². The maximum atomic E-state index is 9.35. The number of ether oxygens (including phenoxy) is 1. The Morgan fingerprint density at radius 1 is 1.37 bits per heavy atom. The normalized spacial score (nSPS) is 14.8. The molecule has 1 aromatic heterocycles. The lowest BCUT2D eigenvalue weighted by Gasteiger charge is -2.22. The summed E-state index contributed by atoms with van der Waals surface area (Å²) in [5, 5.41) is 12.6. The van der Waals surface area contributed by atoms with Gasteiger partial charge in [-0.3, -0.25) is 0 Å². The zero-order chi connectivity index (χ0) is 14.6. The highest BCUT2D eigenvalue weighted by molar-refractivity contribution is 5.54. The number of pyridine rings is 1. The van der Waals surface area contributed by atoms with E-state index in [1.807, 2.05) is 33.8 Å². The molecule has 0 aromatic carbocycles. The van der Waals surface area contributed by atoms with Crippen LogP contribution >= 0.6 is 0 Å². The third-order valence-corrected chi connectivity index (χ3v) is 2.38. The summed E-state index contributed by atoms with van der Waals surface area (Å²) in [4.78, 5) is 4.36. The van der Waals surface area contributed by atoms with Gasteiger partial charge in [0.05, 0.1) is 11.8 Å². The molecule has 5 nitrogen and oxygen atoms in total. The van der Waals surface area contributed by atoms with Crippen LogP contribution in [0.15, 0.2) is 12.1 Å². The zero-order valence-electron chi connectivity index (χ0n) is 12.4. The zero-order valence-corrected chi connectivity index (χ0v) is 12.4. The summed E-state index contributed by atoms with van der Waals surface area (Å²) in [5.41, 5.74) is 6.03. The van der Waals surface area contributed by atoms with Gasteiger partial charge >= 0.3 is 0 Å². The van der Waals surface area contributed by atoms with Crippen LogP contribution in [0.25, 0.3) is 0 Å². The molecule has 2 unspecified atom stereocenters. The van der Waals surface area contributed by atoms with Gasteiger partial charge in [-0.25, -0.2) is 0 Å². The molecule has 0 fully saturated rings. The highest BCUT2D eigenvalue weighted by atomic mass is 16.5. The van der Waals surface area contributed by atoms with E-state index in [1.54, 1.807) is 13.0 Å². The monoisotopic (exact) mass is 267 g/mol. The lowest BCUT2D eigenvalue weighted by atomic mass is 10.1. The second kappa shape index (κ2) is 6.10. The molecule has 1 aromatic rings. The first-order chi connectivity index (χ1) is 8.67. The fraction of sp³-hybridized carbons (Fsp3) is 0.643. The number of aromatic nitrogens is 1. The number of hydrogen-bond acceptors (Lipinski definition) is 5. The molecule has 0 aliphatic rings. The largest absolute Gasteiger partial charge is 0.470 e. The highest BCUT2D eigenvalue weighted by Crippen LogP contribution is 2.25. The first-order valence-corrected chi connectivity index (χ1v) is 6.57. The quantitative estimate of drug-likeness (QED) is 0.763. The minimum Gasteiger partial charge on any atom is -0.470 e. The fourth-order valence-corrected chi connectivity index (χ4v) is 1.73. The Bertz CT molecular complexity index is 414. The van der Waals surface area contributed by atoms with Gasteiger partial charge in [-0.1, -0.05) is 0 Å². The molecule has 1 heterocycles. The van der Waals surface area contributed by atoms with E-state index < -0.39 is 0 Å². The molecular formula is C14H25N3O2. The number of aliphatic hydroxyl groups is 1. The predicted molar refractivity (Wildman–Crippen MR) is 78.4 cm³/mol. The number of nitrogens with one attached hydrogen (secondary N) is 1. The Labute approximate surface area is 115 Å². The Kier molecular flexibility index (Phi) is 5.00. The molecular weight excluding hydrogens is 242 g/mol. The topological polar surface area (TPSA) is 80.4 Å². The second-order valence-electron chi connectivity index (χ2n) is 5.94. The van der Waals surface area contributed by atoms with Gasteiger partial charge in [-0.05, 0) is 53.2 Å². The van der Waals surface area contributed by atoms with Crippen LogP contribution in [-0.4, -0.2) is 27.8 Å². The smallest absolute Gasteiger partial charge is 0.239 e. The average molecular weight is 267 g/mol. The lowest BCUT2D eigenvalue weighted by molar-refractivity contribution is 0.125. The van der Waals surface area contributed by atoms with Gasteiger partial charge in [0.2, 0.25) is 5.88 Å². The Morgan fingerprint density at radius 2 is 2.00 bits per heavy atom. The number of hydrogen-bond donors (Lipinski definition) is 3. The van der Waals surface area contributed by atoms with Crippen LogP contribution in [0.2, 0.25) is 0 Å². The first kappa shape index (κ1) is 15.6. The maximum Gasteiger partial charge on any atom is 0.239 e. The van der Waals surface area contributed by atoms with Gasteiger partial charge in [0.15, 0.2) is 0 Å². The van der Waals surface area contributed by atoms with Crippen molar-refractivity contribution in [2.24, 2.45) is 0 Å². The summed E-state index contributed by atoms with van der Waals surface area (Å²) in [7, 11) is 0. The minimum atomic E-state index is -0.346. The number of nitrogens with two attached hydrogens (primary N) is 1. The standard InChI is InChI=1S/C14H25N3O2/c1-9(8-10(2)18)16-12-7-6-11(15)13(17-12)19-14(3,4)5/h6-7,9-10,18H,8,15H2,1-5H3,(H,16,17). The van der Waals surface area contributed by atoms with E-state index in [4.69, 9.17) is 10.5 Å². The van der Waals surface area contributed by atoms with E-state index in [2.05, 4.69) is 10.3 Å². The molecule has 19 heavy (non-hydrogen) atoms. The molecule has 0 amide bonds. The SMILES string of the molecule is CC(O)CC(C)Nc1ccc(N)c(OC(C)(C)C)n1. The maximum absolute atomic E-state index is 9.35. The van der Waals surface area contributed by atoms with Crippen LogP contribution in [0.4, 0.5) is 11.5 Å². The minimum absolute atomic E-state index is 0.124. The molecule has 1 rings (SSSR count). The summed E-state index contributed by atoms with van der Waals surface area (Å²) in [6, 6.07) is 3.70. The number of rotatable bonds is 5. The van der Waals surface area contributed by atoms with Crippen LogP contribution in [0.3, 0.4) is 0 Å². The molecule has 0 aliphatic heterocycles. The van der Waals surface area contributed by atoms with E-state index in [9.17, 15) is 5.11 Å². The van der Waals surface area contributed by atoms with E-state index in [0.29, 0.717) is 23.8 Å². The van der Waals surface area contributed by atoms with Crippen molar-refractivity contribution < 1.29 is 9.84 Å². The molecule has 0 aliphatic carbocycles. The molecule has 0 saturated heterocycles. The van der Waals surface area contributed by atoms with E-state index in [0.717, 1.165) is 0 Å². The van der Waals surface area contributed by atoms with Crippen molar-refractivity contribution in [3.63, 3.8) is 0 Å². The molecule has 108 valence electrons. The van der Waals surface area contributed by atoms with Gasteiger partial charge in [-0.15, -0.1) is 0 Å². The predicted octanol–water partition coefficient (Wildman–Crippen LogP) is 2.41. The van der Waals surface area contributed by atoms with Crippen molar-refractivity contribution in [1.82, 2.24) is 4.98 Å². The molecule has 0 radical (unpaired) electrons. The Morgan fingerprint density at radius 3 is 2.53 bits per heavy atom. The third-order valence-electron chi connectivity index (χ3n) is 2.38. The van der Waals surface area contributed by atoms with Crippen LogP contribution in [0, 0.1) is 0 Å². The summed E-state index contributed by atoms with van der Waals surface area (Å²) in [5.74, 6) is 1.13. The molecule has 0 bridgehead atoms. The molecule has 0 saturated carbocycles. The molecule has 4 N–H and O–H groups in total. The Hall–Kier alpha value is -1.49. The summed E-state index contributed by atoms with van der Waals surface area (Å²) >= 11 is 0. The van der Waals surface area contributed by atoms with E-state index in [-0.39, 0.29) is 17.7 Å². The average Bonchev–Trinajstić information content (AvgIpc) is 2.19. The van der Waals surface area contributed by atoms with Crippen molar-refractivity contribution >= 4 is 11.5 Å². The lowest BCUT2D eigenvalue weighted by Crippen LogP contribution is -2.25. The van der Waals surface area contributed by atoms with Crippen LogP contribution < -0.4 is 15.8 Å². The number of nitrogen functional groups attached to an aromatic ring is 1. The summed E-state index contributed by atoms with van der Waals surface area (Å²) < 4.78 is 5.71. The summed E-state index contributed by atoms with van der Waals surface area (Å²) in [6.07, 6.45) is 0.309. The van der Waals surface area contributed by atoms with Gasteiger partial charge in [0, 0.05) is 6.04 Å². The summed E-state index contributed by atoms with van der Waals surface area (Å²) in [6.45, 7) is 9.61.